The Morgan fingerprint density at radius 3 is 2.44 bits per heavy atom. The number of nitrogens with two attached hydrogens (primary N) is 1. The van der Waals surface area contributed by atoms with Gasteiger partial charge in [-0.05, 0) is 31.1 Å². The maximum Gasteiger partial charge on any atom is 0.268 e. The maximum atomic E-state index is 11.6. The van der Waals surface area contributed by atoms with Crippen molar-refractivity contribution in [3.05, 3.63) is 66.7 Å². The van der Waals surface area contributed by atoms with Crippen LogP contribution in [0.2, 0.25) is 18.1 Å². The lowest BCUT2D eigenvalue weighted by Gasteiger charge is -2.40. The molecule has 2 atom stereocenters. The quantitative estimate of drug-likeness (QED) is 0.389. The molecule has 182 valence electrons. The average molecular weight is 481 g/mol. The summed E-state index contributed by atoms with van der Waals surface area (Å²) in [5, 5.41) is 0.0808. The molecule has 0 bridgehead atoms. The summed E-state index contributed by atoms with van der Waals surface area (Å²) in [6.45, 7) is 13.6. The molecule has 0 aliphatic heterocycles. The van der Waals surface area contributed by atoms with Crippen molar-refractivity contribution in [1.82, 2.24) is 14.5 Å². The van der Waals surface area contributed by atoms with Crippen LogP contribution in [0.15, 0.2) is 61.1 Å². The Hall–Kier alpha value is -2.97. The molecule has 0 aliphatic carbocycles. The highest BCUT2D eigenvalue weighted by atomic mass is 28.4. The molecule has 0 radical (unpaired) electrons. The van der Waals surface area contributed by atoms with E-state index in [1.807, 2.05) is 53.1 Å². The summed E-state index contributed by atoms with van der Waals surface area (Å²) in [5.41, 5.74) is 7.57. The first kappa shape index (κ1) is 25.6. The number of hydrogen-bond acceptors (Lipinski definition) is 5. The predicted molar refractivity (Wildman–Crippen MR) is 137 cm³/mol. The minimum Gasteiger partial charge on any atom is -0.478 e. The largest absolute Gasteiger partial charge is 0.478 e. The number of carbonyl (C=O) groups is 1. The van der Waals surface area contributed by atoms with Crippen molar-refractivity contribution in [1.29, 1.82) is 0 Å². The first-order chi connectivity index (χ1) is 16.0. The van der Waals surface area contributed by atoms with Crippen LogP contribution >= 0.6 is 0 Å². The Morgan fingerprint density at radius 2 is 1.82 bits per heavy atom. The van der Waals surface area contributed by atoms with Gasteiger partial charge in [0.05, 0.1) is 30.8 Å². The van der Waals surface area contributed by atoms with Gasteiger partial charge in [0, 0.05) is 24.2 Å². The second kappa shape index (κ2) is 10.5. The number of nitrogens with zero attached hydrogens (tertiary/aromatic N) is 3. The third-order valence-corrected chi connectivity index (χ3v) is 11.1. The zero-order valence-corrected chi connectivity index (χ0v) is 22.0. The average Bonchev–Trinajstić information content (AvgIpc) is 3.26. The van der Waals surface area contributed by atoms with Crippen LogP contribution in [0.5, 0.6) is 5.88 Å². The Labute approximate surface area is 203 Å². The molecule has 0 aliphatic rings. The smallest absolute Gasteiger partial charge is 0.268 e. The topological polar surface area (TPSA) is 92.3 Å². The summed E-state index contributed by atoms with van der Waals surface area (Å²) in [4.78, 5) is 20.4. The normalized spacial score (nSPS) is 13.9. The highest BCUT2D eigenvalue weighted by molar-refractivity contribution is 6.74. The third-order valence-electron chi connectivity index (χ3n) is 6.52. The fraction of sp³-hybridized carbons (Fsp3) is 0.423. The summed E-state index contributed by atoms with van der Waals surface area (Å²) in [6.07, 6.45) is 3.88. The number of ether oxygens (including phenoxy) is 1. The number of aromatic nitrogens is 3. The van der Waals surface area contributed by atoms with E-state index in [-0.39, 0.29) is 22.9 Å². The van der Waals surface area contributed by atoms with Gasteiger partial charge in [-0.2, -0.15) is 0 Å². The molecule has 7 nitrogen and oxygen atoms in total. The van der Waals surface area contributed by atoms with Crippen molar-refractivity contribution in [2.24, 2.45) is 5.73 Å². The molecule has 2 N–H and O–H groups in total. The fourth-order valence-corrected chi connectivity index (χ4v) is 4.98. The van der Waals surface area contributed by atoms with Gasteiger partial charge in [-0.3, -0.25) is 4.79 Å². The zero-order valence-electron chi connectivity index (χ0n) is 21.0. The lowest BCUT2D eigenvalue weighted by atomic mass is 10.1. The lowest BCUT2D eigenvalue weighted by molar-refractivity contribution is 0.0994. The Morgan fingerprint density at radius 1 is 1.12 bits per heavy atom. The zero-order chi connectivity index (χ0) is 24.9. The van der Waals surface area contributed by atoms with Gasteiger partial charge >= 0.3 is 0 Å². The van der Waals surface area contributed by atoms with Crippen LogP contribution in [-0.2, 0) is 4.43 Å². The van der Waals surface area contributed by atoms with Crippen molar-refractivity contribution < 1.29 is 14.0 Å². The van der Waals surface area contributed by atoms with Crippen LogP contribution in [0.25, 0.3) is 11.3 Å². The molecule has 2 heterocycles. The van der Waals surface area contributed by atoms with Crippen LogP contribution in [0.1, 0.15) is 50.6 Å². The molecule has 0 fully saturated rings. The van der Waals surface area contributed by atoms with E-state index in [1.165, 1.54) is 0 Å². The summed E-state index contributed by atoms with van der Waals surface area (Å²) in [7, 11) is -2.01. The molecule has 2 aromatic heterocycles. The molecular formula is C26H36N4O3Si. The molecular weight excluding hydrogens is 444 g/mol. The van der Waals surface area contributed by atoms with Gasteiger partial charge in [-0.15, -0.1) is 0 Å². The number of benzene rings is 1. The standard InChI is InChI=1S/C26H36N4O3Si/c1-19(33-34(5,6)26(2,3)4)23(30-17-22(25(27)31)28-18-30)15-16-32-24-14-10-13-21(29-24)20-11-8-7-9-12-20/h7-14,17-19,23H,15-16H2,1-6H3,(H2,27,31)/t19-,23+/m0/s1. The van der Waals surface area contributed by atoms with E-state index in [2.05, 4.69) is 50.8 Å². The van der Waals surface area contributed by atoms with E-state index in [4.69, 9.17) is 14.9 Å². The summed E-state index contributed by atoms with van der Waals surface area (Å²) < 4.78 is 14.6. The second-order valence-electron chi connectivity index (χ2n) is 10.1. The van der Waals surface area contributed by atoms with E-state index in [1.54, 1.807) is 12.5 Å². The van der Waals surface area contributed by atoms with Crippen LogP contribution in [0, 0.1) is 0 Å². The Kier molecular flexibility index (Phi) is 7.94. The van der Waals surface area contributed by atoms with Gasteiger partial charge in [0.1, 0.15) is 5.69 Å². The molecule has 34 heavy (non-hydrogen) atoms. The fourth-order valence-electron chi connectivity index (χ4n) is 3.54. The number of imidazole rings is 1. The molecule has 0 unspecified atom stereocenters. The van der Waals surface area contributed by atoms with E-state index in [0.717, 1.165) is 11.3 Å². The van der Waals surface area contributed by atoms with Gasteiger partial charge in [-0.1, -0.05) is 57.2 Å². The van der Waals surface area contributed by atoms with Gasteiger partial charge in [-0.25, -0.2) is 9.97 Å². The van der Waals surface area contributed by atoms with Crippen molar-refractivity contribution in [2.45, 2.75) is 64.4 Å². The van der Waals surface area contributed by atoms with Crippen molar-refractivity contribution in [3.8, 4) is 17.1 Å². The number of amides is 1. The van der Waals surface area contributed by atoms with E-state index >= 15 is 0 Å². The van der Waals surface area contributed by atoms with Crippen LogP contribution in [0.4, 0.5) is 0 Å². The molecule has 1 aromatic carbocycles. The van der Waals surface area contributed by atoms with E-state index < -0.39 is 14.2 Å². The summed E-state index contributed by atoms with van der Waals surface area (Å²) in [5.74, 6) is 0.0233. The SMILES string of the molecule is C[C@H](O[Si](C)(C)C(C)(C)C)[C@@H](CCOc1cccc(-c2ccccc2)n1)n1cnc(C(N)=O)c1. The minimum atomic E-state index is -2.01. The first-order valence-electron chi connectivity index (χ1n) is 11.6. The number of rotatable bonds is 10. The van der Waals surface area contributed by atoms with Gasteiger partial charge in [0.25, 0.3) is 5.91 Å². The predicted octanol–water partition coefficient (Wildman–Crippen LogP) is 5.46. The third kappa shape index (κ3) is 6.33. The van der Waals surface area contributed by atoms with E-state index in [0.29, 0.717) is 18.9 Å². The molecule has 0 saturated carbocycles. The van der Waals surface area contributed by atoms with Crippen LogP contribution < -0.4 is 10.5 Å². The van der Waals surface area contributed by atoms with Crippen molar-refractivity contribution in [3.63, 3.8) is 0 Å². The van der Waals surface area contributed by atoms with Crippen molar-refractivity contribution in [2.75, 3.05) is 6.61 Å². The van der Waals surface area contributed by atoms with Gasteiger partial charge in [0.15, 0.2) is 8.32 Å². The van der Waals surface area contributed by atoms with Crippen molar-refractivity contribution >= 4 is 14.2 Å². The Bertz CT molecular complexity index is 1090. The Balaban J connectivity index is 1.75. The number of primary amides is 1. The highest BCUT2D eigenvalue weighted by Crippen LogP contribution is 2.39. The molecule has 1 amide bonds. The lowest BCUT2D eigenvalue weighted by Crippen LogP contribution is -2.45. The van der Waals surface area contributed by atoms with Gasteiger partial charge in [0.2, 0.25) is 5.88 Å². The summed E-state index contributed by atoms with van der Waals surface area (Å²) >= 11 is 0. The first-order valence-corrected chi connectivity index (χ1v) is 14.5. The summed E-state index contributed by atoms with van der Waals surface area (Å²) in [6, 6.07) is 15.7. The molecule has 0 spiro atoms. The number of hydrogen-bond donors (Lipinski definition) is 1. The highest BCUT2D eigenvalue weighted by Gasteiger charge is 2.40. The van der Waals surface area contributed by atoms with Crippen LogP contribution in [0.3, 0.4) is 0 Å². The second-order valence-corrected chi connectivity index (χ2v) is 14.8. The molecule has 3 rings (SSSR count). The molecule has 0 saturated heterocycles. The molecule has 3 aromatic rings. The van der Waals surface area contributed by atoms with E-state index in [9.17, 15) is 4.79 Å². The number of carbonyl (C=O) groups excluding carboxylic acids is 1. The van der Waals surface area contributed by atoms with Crippen LogP contribution in [-0.4, -0.2) is 41.5 Å². The van der Waals surface area contributed by atoms with Gasteiger partial charge < -0.3 is 19.5 Å². The monoisotopic (exact) mass is 480 g/mol. The maximum absolute atomic E-state index is 11.6. The minimum absolute atomic E-state index is 0.0768. The molecule has 8 heteroatoms. The number of pyridine rings is 1.